The maximum Gasteiger partial charge on any atom is 0.272 e. The summed E-state index contributed by atoms with van der Waals surface area (Å²) in [5, 5.41) is 17.0. The molecular weight excluding hydrogens is 285 g/mol. The van der Waals surface area contributed by atoms with E-state index in [1.165, 1.54) is 23.3 Å². The number of halogens is 1. The van der Waals surface area contributed by atoms with Crippen molar-refractivity contribution >= 4 is 11.4 Å². The average molecular weight is 301 g/mol. The highest BCUT2D eigenvalue weighted by atomic mass is 19.1. The molecule has 1 aliphatic rings. The lowest BCUT2D eigenvalue weighted by atomic mass is 9.94. The van der Waals surface area contributed by atoms with Gasteiger partial charge in [0.05, 0.1) is 16.7 Å². The number of non-ortho nitro benzene ring substituents is 1. The van der Waals surface area contributed by atoms with Gasteiger partial charge in [-0.3, -0.25) is 10.1 Å². The standard InChI is InChI=1S/C16H16FN3O2/c17-14-9-12(20(21)22)5-6-15(14)19-10-16-13-4-2-1-3-11(13)7-8-18-16/h1-6,9,16,18-19H,7-8,10H2. The predicted molar refractivity (Wildman–Crippen MR) is 82.4 cm³/mol. The third kappa shape index (κ3) is 2.92. The molecular formula is C16H16FN3O2. The van der Waals surface area contributed by atoms with Gasteiger partial charge in [-0.2, -0.15) is 0 Å². The SMILES string of the molecule is O=[N+]([O-])c1ccc(NCC2NCCc3ccccc32)c(F)c1. The van der Waals surface area contributed by atoms with Crippen LogP contribution >= 0.6 is 0 Å². The lowest BCUT2D eigenvalue weighted by Gasteiger charge is -2.27. The maximum absolute atomic E-state index is 13.9. The fraction of sp³-hybridized carbons (Fsp3) is 0.250. The molecule has 1 atom stereocenters. The molecule has 0 amide bonds. The van der Waals surface area contributed by atoms with E-state index < -0.39 is 10.7 Å². The van der Waals surface area contributed by atoms with Crippen molar-refractivity contribution in [1.82, 2.24) is 5.32 Å². The highest BCUT2D eigenvalue weighted by molar-refractivity contribution is 5.50. The summed E-state index contributed by atoms with van der Waals surface area (Å²) in [5.74, 6) is -0.613. The topological polar surface area (TPSA) is 67.2 Å². The Balaban J connectivity index is 1.72. The molecule has 1 heterocycles. The van der Waals surface area contributed by atoms with E-state index in [4.69, 9.17) is 0 Å². The number of nitrogens with one attached hydrogen (secondary N) is 2. The van der Waals surface area contributed by atoms with E-state index >= 15 is 0 Å². The molecule has 1 aliphatic heterocycles. The Morgan fingerprint density at radius 2 is 2.14 bits per heavy atom. The van der Waals surface area contributed by atoms with Crippen LogP contribution < -0.4 is 10.6 Å². The monoisotopic (exact) mass is 301 g/mol. The van der Waals surface area contributed by atoms with E-state index in [1.54, 1.807) is 0 Å². The molecule has 2 aromatic carbocycles. The minimum absolute atomic E-state index is 0.0968. The fourth-order valence-electron chi connectivity index (χ4n) is 2.75. The number of nitro groups is 1. The van der Waals surface area contributed by atoms with Crippen LogP contribution in [0.5, 0.6) is 0 Å². The first-order valence-electron chi connectivity index (χ1n) is 7.14. The van der Waals surface area contributed by atoms with Crippen LogP contribution in [0.2, 0.25) is 0 Å². The number of benzene rings is 2. The van der Waals surface area contributed by atoms with Gasteiger partial charge in [-0.15, -0.1) is 0 Å². The summed E-state index contributed by atoms with van der Waals surface area (Å²) < 4.78 is 13.9. The largest absolute Gasteiger partial charge is 0.381 e. The van der Waals surface area contributed by atoms with E-state index in [0.717, 1.165) is 19.0 Å². The summed E-state index contributed by atoms with van der Waals surface area (Å²) in [6.45, 7) is 1.40. The predicted octanol–water partition coefficient (Wildman–Crippen LogP) is 3.03. The Labute approximate surface area is 127 Å². The lowest BCUT2D eigenvalue weighted by Crippen LogP contribution is -2.34. The molecule has 0 spiro atoms. The van der Waals surface area contributed by atoms with Crippen LogP contribution in [0, 0.1) is 15.9 Å². The Hall–Kier alpha value is -2.47. The van der Waals surface area contributed by atoms with E-state index in [9.17, 15) is 14.5 Å². The molecule has 5 nitrogen and oxygen atoms in total. The van der Waals surface area contributed by atoms with Crippen molar-refractivity contribution in [3.63, 3.8) is 0 Å². The molecule has 0 saturated carbocycles. The quantitative estimate of drug-likeness (QED) is 0.673. The smallest absolute Gasteiger partial charge is 0.272 e. The van der Waals surface area contributed by atoms with Gasteiger partial charge >= 0.3 is 0 Å². The van der Waals surface area contributed by atoms with Crippen molar-refractivity contribution < 1.29 is 9.31 Å². The molecule has 6 heteroatoms. The number of hydrogen-bond acceptors (Lipinski definition) is 4. The molecule has 22 heavy (non-hydrogen) atoms. The van der Waals surface area contributed by atoms with Gasteiger partial charge in [0.2, 0.25) is 0 Å². The van der Waals surface area contributed by atoms with E-state index in [-0.39, 0.29) is 17.4 Å². The molecule has 2 aromatic rings. The van der Waals surface area contributed by atoms with Gasteiger partial charge in [0.15, 0.2) is 5.82 Å². The maximum atomic E-state index is 13.9. The summed E-state index contributed by atoms with van der Waals surface area (Å²) in [7, 11) is 0. The van der Waals surface area contributed by atoms with Crippen LogP contribution in [0.3, 0.4) is 0 Å². The molecule has 3 rings (SSSR count). The van der Waals surface area contributed by atoms with Gasteiger partial charge in [-0.05, 0) is 30.2 Å². The summed E-state index contributed by atoms with van der Waals surface area (Å²) in [5.41, 5.74) is 2.54. The highest BCUT2D eigenvalue weighted by Gasteiger charge is 2.19. The van der Waals surface area contributed by atoms with Gasteiger partial charge < -0.3 is 10.6 Å². The Bertz CT molecular complexity index is 706. The van der Waals surface area contributed by atoms with Gasteiger partial charge in [-0.25, -0.2) is 4.39 Å². The first-order chi connectivity index (χ1) is 10.6. The third-order valence-corrected chi connectivity index (χ3v) is 3.88. The molecule has 0 fully saturated rings. The number of fused-ring (bicyclic) bond motifs is 1. The van der Waals surface area contributed by atoms with Crippen molar-refractivity contribution in [1.29, 1.82) is 0 Å². The van der Waals surface area contributed by atoms with E-state index in [0.29, 0.717) is 6.54 Å². The number of nitro benzene ring substituents is 1. The van der Waals surface area contributed by atoms with Crippen molar-refractivity contribution in [2.45, 2.75) is 12.5 Å². The molecule has 0 aliphatic carbocycles. The first-order valence-corrected chi connectivity index (χ1v) is 7.14. The molecule has 0 radical (unpaired) electrons. The molecule has 114 valence electrons. The average Bonchev–Trinajstić information content (AvgIpc) is 2.53. The van der Waals surface area contributed by atoms with Crippen molar-refractivity contribution in [2.24, 2.45) is 0 Å². The van der Waals surface area contributed by atoms with E-state index in [1.807, 2.05) is 12.1 Å². The van der Waals surface area contributed by atoms with Crippen molar-refractivity contribution in [2.75, 3.05) is 18.4 Å². The minimum Gasteiger partial charge on any atom is -0.381 e. The van der Waals surface area contributed by atoms with Gasteiger partial charge in [0.1, 0.15) is 0 Å². The summed E-state index contributed by atoms with van der Waals surface area (Å²) >= 11 is 0. The second-order valence-corrected chi connectivity index (χ2v) is 5.26. The summed E-state index contributed by atoms with van der Waals surface area (Å²) in [4.78, 5) is 10.0. The molecule has 0 saturated heterocycles. The Kier molecular flexibility index (Phi) is 4.02. The zero-order valence-electron chi connectivity index (χ0n) is 11.9. The van der Waals surface area contributed by atoms with Crippen molar-refractivity contribution in [3.05, 3.63) is 69.5 Å². The number of hydrogen-bond donors (Lipinski definition) is 2. The minimum atomic E-state index is -0.613. The zero-order chi connectivity index (χ0) is 15.5. The van der Waals surface area contributed by atoms with Crippen LogP contribution in [-0.4, -0.2) is 18.0 Å². The van der Waals surface area contributed by atoms with Gasteiger partial charge in [-0.1, -0.05) is 24.3 Å². The zero-order valence-corrected chi connectivity index (χ0v) is 11.9. The molecule has 1 unspecified atom stereocenters. The van der Waals surface area contributed by atoms with Crippen LogP contribution in [0.4, 0.5) is 15.8 Å². The van der Waals surface area contributed by atoms with Crippen LogP contribution in [-0.2, 0) is 6.42 Å². The van der Waals surface area contributed by atoms with Gasteiger partial charge in [0, 0.05) is 18.7 Å². The Morgan fingerprint density at radius 3 is 2.91 bits per heavy atom. The third-order valence-electron chi connectivity index (χ3n) is 3.88. The number of nitrogens with zero attached hydrogens (tertiary/aromatic N) is 1. The molecule has 2 N–H and O–H groups in total. The van der Waals surface area contributed by atoms with Crippen molar-refractivity contribution in [3.8, 4) is 0 Å². The van der Waals surface area contributed by atoms with E-state index in [2.05, 4.69) is 22.8 Å². The highest BCUT2D eigenvalue weighted by Crippen LogP contribution is 2.25. The Morgan fingerprint density at radius 1 is 1.32 bits per heavy atom. The number of rotatable bonds is 4. The fourth-order valence-corrected chi connectivity index (χ4v) is 2.75. The van der Waals surface area contributed by atoms with Gasteiger partial charge in [0.25, 0.3) is 5.69 Å². The number of anilines is 1. The second-order valence-electron chi connectivity index (χ2n) is 5.26. The molecule has 0 aromatic heterocycles. The normalized spacial score (nSPS) is 16.9. The summed E-state index contributed by atoms with van der Waals surface area (Å²) in [6.07, 6.45) is 0.985. The summed E-state index contributed by atoms with van der Waals surface area (Å²) in [6, 6.07) is 11.9. The van der Waals surface area contributed by atoms with Crippen LogP contribution in [0.15, 0.2) is 42.5 Å². The molecule has 0 bridgehead atoms. The lowest BCUT2D eigenvalue weighted by molar-refractivity contribution is -0.385. The van der Waals surface area contributed by atoms with Crippen LogP contribution in [0.1, 0.15) is 17.2 Å². The van der Waals surface area contributed by atoms with Crippen LogP contribution in [0.25, 0.3) is 0 Å². The first kappa shape index (κ1) is 14.5. The second kappa shape index (κ2) is 6.11.